The number of methoxy groups -OCH3 is 1. The maximum absolute atomic E-state index is 12.2. The zero-order valence-corrected chi connectivity index (χ0v) is 11.9. The van der Waals surface area contributed by atoms with Crippen molar-refractivity contribution in [3.63, 3.8) is 0 Å². The minimum Gasteiger partial charge on any atom is -0.380 e. The van der Waals surface area contributed by atoms with Crippen LogP contribution < -0.4 is 5.73 Å². The summed E-state index contributed by atoms with van der Waals surface area (Å²) in [5.74, 6) is 0.264. The van der Waals surface area contributed by atoms with E-state index >= 15 is 0 Å². The average Bonchev–Trinajstić information content (AvgIpc) is 3.27. The van der Waals surface area contributed by atoms with Gasteiger partial charge >= 0.3 is 0 Å². The van der Waals surface area contributed by atoms with Gasteiger partial charge in [-0.3, -0.25) is 4.79 Å². The van der Waals surface area contributed by atoms with Gasteiger partial charge in [-0.25, -0.2) is 0 Å². The highest BCUT2D eigenvalue weighted by atomic mass is 16.5. The summed E-state index contributed by atoms with van der Waals surface area (Å²) in [6.07, 6.45) is 3.62. The van der Waals surface area contributed by atoms with Gasteiger partial charge in [-0.2, -0.15) is 0 Å². The van der Waals surface area contributed by atoms with Gasteiger partial charge in [-0.05, 0) is 30.4 Å². The van der Waals surface area contributed by atoms with Gasteiger partial charge in [0.15, 0.2) is 0 Å². The fourth-order valence-corrected chi connectivity index (χ4v) is 3.11. The molecule has 4 nitrogen and oxygen atoms in total. The number of piperidine rings is 1. The Hall–Kier alpha value is -1.39. The van der Waals surface area contributed by atoms with Gasteiger partial charge in [0, 0.05) is 25.6 Å². The molecule has 1 aliphatic carbocycles. The smallest absolute Gasteiger partial charge is 0.223 e. The summed E-state index contributed by atoms with van der Waals surface area (Å²) in [6, 6.07) is 8.81. The van der Waals surface area contributed by atoms with E-state index in [1.165, 1.54) is 0 Å². The van der Waals surface area contributed by atoms with E-state index in [0.717, 1.165) is 30.4 Å². The number of ether oxygens (including phenoxy) is 1. The lowest BCUT2D eigenvalue weighted by Crippen LogP contribution is -2.49. The van der Waals surface area contributed by atoms with Gasteiger partial charge in [0.05, 0.1) is 12.6 Å². The van der Waals surface area contributed by atoms with Crippen LogP contribution in [-0.2, 0) is 16.1 Å². The van der Waals surface area contributed by atoms with E-state index in [1.807, 2.05) is 4.90 Å². The molecule has 0 spiro atoms. The minimum atomic E-state index is 0.0420. The highest BCUT2D eigenvalue weighted by molar-refractivity contribution is 5.78. The third-order valence-electron chi connectivity index (χ3n) is 4.26. The summed E-state index contributed by atoms with van der Waals surface area (Å²) in [5.41, 5.74) is 8.60. The summed E-state index contributed by atoms with van der Waals surface area (Å²) in [6.45, 7) is 0.613. The third kappa shape index (κ3) is 2.58. The van der Waals surface area contributed by atoms with Gasteiger partial charge in [-0.15, -0.1) is 0 Å². The molecular formula is C16H22N2O2. The van der Waals surface area contributed by atoms with Crippen molar-refractivity contribution >= 4 is 5.91 Å². The van der Waals surface area contributed by atoms with Crippen molar-refractivity contribution in [3.05, 3.63) is 35.4 Å². The first-order chi connectivity index (χ1) is 9.70. The standard InChI is InChI=1S/C16H22N2O2/c1-20-10-11-2-4-12(5-3-11)16-14(17)8-9-15(19)18(16)13-6-7-13/h2-5,13-14,16H,6-10,17H2,1H3. The summed E-state index contributed by atoms with van der Waals surface area (Å²) in [4.78, 5) is 14.3. The third-order valence-corrected chi connectivity index (χ3v) is 4.26. The highest BCUT2D eigenvalue weighted by Crippen LogP contribution is 2.39. The summed E-state index contributed by atoms with van der Waals surface area (Å²) >= 11 is 0. The van der Waals surface area contributed by atoms with Crippen LogP contribution in [0.15, 0.2) is 24.3 Å². The molecule has 1 heterocycles. The molecule has 108 valence electrons. The Morgan fingerprint density at radius 2 is 1.95 bits per heavy atom. The molecule has 0 radical (unpaired) electrons. The van der Waals surface area contributed by atoms with Crippen molar-refractivity contribution in [1.29, 1.82) is 0 Å². The maximum atomic E-state index is 12.2. The van der Waals surface area contributed by atoms with E-state index in [-0.39, 0.29) is 18.0 Å². The van der Waals surface area contributed by atoms with E-state index in [1.54, 1.807) is 7.11 Å². The van der Waals surface area contributed by atoms with Crippen LogP contribution in [0.4, 0.5) is 0 Å². The number of carbonyl (C=O) groups excluding carboxylic acids is 1. The van der Waals surface area contributed by atoms with Crippen molar-refractivity contribution in [2.45, 2.75) is 50.4 Å². The topological polar surface area (TPSA) is 55.6 Å². The molecular weight excluding hydrogens is 252 g/mol. The Kier molecular flexibility index (Phi) is 3.76. The highest BCUT2D eigenvalue weighted by Gasteiger charge is 2.42. The number of hydrogen-bond donors (Lipinski definition) is 1. The van der Waals surface area contributed by atoms with Gasteiger partial charge < -0.3 is 15.4 Å². The summed E-state index contributed by atoms with van der Waals surface area (Å²) in [5, 5.41) is 0. The lowest BCUT2D eigenvalue weighted by Gasteiger charge is -2.40. The van der Waals surface area contributed by atoms with Crippen molar-refractivity contribution in [2.75, 3.05) is 7.11 Å². The first kappa shape index (κ1) is 13.6. The Morgan fingerprint density at radius 1 is 1.25 bits per heavy atom. The SMILES string of the molecule is COCc1ccc(C2C(N)CCC(=O)N2C2CC2)cc1. The monoisotopic (exact) mass is 274 g/mol. The van der Waals surface area contributed by atoms with E-state index in [0.29, 0.717) is 19.1 Å². The van der Waals surface area contributed by atoms with Crippen LogP contribution in [0.3, 0.4) is 0 Å². The van der Waals surface area contributed by atoms with Crippen LogP contribution in [0, 0.1) is 0 Å². The molecule has 1 aliphatic heterocycles. The average molecular weight is 274 g/mol. The molecule has 3 rings (SSSR count). The lowest BCUT2D eigenvalue weighted by atomic mass is 9.90. The molecule has 1 aromatic carbocycles. The van der Waals surface area contributed by atoms with E-state index in [9.17, 15) is 4.79 Å². The Labute approximate surface area is 119 Å². The fourth-order valence-electron chi connectivity index (χ4n) is 3.11. The number of carbonyl (C=O) groups is 1. The number of benzene rings is 1. The lowest BCUT2D eigenvalue weighted by molar-refractivity contribution is -0.138. The number of amides is 1. The van der Waals surface area contributed by atoms with Gasteiger partial charge in [0.1, 0.15) is 0 Å². The predicted molar refractivity (Wildman–Crippen MR) is 77.0 cm³/mol. The molecule has 1 saturated heterocycles. The van der Waals surface area contributed by atoms with Crippen LogP contribution in [-0.4, -0.2) is 30.0 Å². The second kappa shape index (κ2) is 5.54. The molecule has 2 aliphatic rings. The van der Waals surface area contributed by atoms with E-state index < -0.39 is 0 Å². The Balaban J connectivity index is 1.86. The second-order valence-corrected chi connectivity index (χ2v) is 5.85. The number of nitrogens with zero attached hydrogens (tertiary/aromatic N) is 1. The van der Waals surface area contributed by atoms with Crippen LogP contribution in [0.5, 0.6) is 0 Å². The quantitative estimate of drug-likeness (QED) is 0.913. The van der Waals surface area contributed by atoms with Gasteiger partial charge in [0.25, 0.3) is 0 Å². The summed E-state index contributed by atoms with van der Waals surface area (Å²) < 4.78 is 5.13. The molecule has 1 saturated carbocycles. The summed E-state index contributed by atoms with van der Waals surface area (Å²) in [7, 11) is 1.69. The second-order valence-electron chi connectivity index (χ2n) is 5.85. The van der Waals surface area contributed by atoms with Crippen molar-refractivity contribution in [3.8, 4) is 0 Å². The zero-order chi connectivity index (χ0) is 14.1. The Bertz CT molecular complexity index is 482. The van der Waals surface area contributed by atoms with E-state index in [2.05, 4.69) is 24.3 Å². The molecule has 0 aromatic heterocycles. The van der Waals surface area contributed by atoms with Crippen molar-refractivity contribution in [2.24, 2.45) is 5.73 Å². The molecule has 1 aromatic rings. The molecule has 0 bridgehead atoms. The van der Waals surface area contributed by atoms with Crippen LogP contribution in [0.25, 0.3) is 0 Å². The normalized spacial score (nSPS) is 26.9. The molecule has 2 unspecified atom stereocenters. The molecule has 2 atom stereocenters. The van der Waals surface area contributed by atoms with Crippen molar-refractivity contribution < 1.29 is 9.53 Å². The zero-order valence-electron chi connectivity index (χ0n) is 11.9. The molecule has 4 heteroatoms. The van der Waals surface area contributed by atoms with E-state index in [4.69, 9.17) is 10.5 Å². The van der Waals surface area contributed by atoms with Gasteiger partial charge in [-0.1, -0.05) is 24.3 Å². The van der Waals surface area contributed by atoms with Crippen LogP contribution >= 0.6 is 0 Å². The van der Waals surface area contributed by atoms with Crippen LogP contribution in [0.2, 0.25) is 0 Å². The van der Waals surface area contributed by atoms with Crippen molar-refractivity contribution in [1.82, 2.24) is 4.90 Å². The first-order valence-electron chi connectivity index (χ1n) is 7.35. The fraction of sp³-hybridized carbons (Fsp3) is 0.562. The maximum Gasteiger partial charge on any atom is 0.223 e. The number of likely N-dealkylation sites (tertiary alicyclic amines) is 1. The number of nitrogens with two attached hydrogens (primary N) is 1. The van der Waals surface area contributed by atoms with Crippen LogP contribution in [0.1, 0.15) is 42.9 Å². The number of hydrogen-bond acceptors (Lipinski definition) is 3. The molecule has 2 fully saturated rings. The molecule has 2 N–H and O–H groups in total. The first-order valence-corrected chi connectivity index (χ1v) is 7.35. The minimum absolute atomic E-state index is 0.0420. The molecule has 20 heavy (non-hydrogen) atoms. The van der Waals surface area contributed by atoms with Gasteiger partial charge in [0.2, 0.25) is 5.91 Å². The predicted octanol–water partition coefficient (Wildman–Crippen LogP) is 1.99. The Morgan fingerprint density at radius 3 is 2.55 bits per heavy atom. The molecule has 1 amide bonds. The number of rotatable bonds is 4. The largest absolute Gasteiger partial charge is 0.380 e.